The van der Waals surface area contributed by atoms with Crippen molar-refractivity contribution >= 4 is 22.4 Å². The number of aryl methyl sites for hydroxylation is 2. The number of piperidine rings is 1. The summed E-state index contributed by atoms with van der Waals surface area (Å²) in [6.45, 7) is 6.73. The molecule has 1 saturated heterocycles. The molecule has 1 atom stereocenters. The van der Waals surface area contributed by atoms with Crippen molar-refractivity contribution < 1.29 is 4.79 Å². The summed E-state index contributed by atoms with van der Waals surface area (Å²) in [6.07, 6.45) is 9.08. The molecule has 7 heteroatoms. The first-order valence-corrected chi connectivity index (χ1v) is 10.0. The number of thiazole rings is 1. The Balaban J connectivity index is 1.75. The Morgan fingerprint density at radius 2 is 2.28 bits per heavy atom. The van der Waals surface area contributed by atoms with Crippen LogP contribution in [0.25, 0.3) is 0 Å². The Morgan fingerprint density at radius 1 is 1.44 bits per heavy atom. The molecule has 0 aliphatic carbocycles. The van der Waals surface area contributed by atoms with Gasteiger partial charge in [-0.2, -0.15) is 0 Å². The molecule has 3 heterocycles. The van der Waals surface area contributed by atoms with Gasteiger partial charge in [0.05, 0.1) is 5.69 Å². The molecular formula is C18H27N5OS. The average molecular weight is 362 g/mol. The number of unbranched alkanes of at least 4 members (excludes halogenated alkanes) is 1. The number of imidazole rings is 1. The third-order valence-corrected chi connectivity index (χ3v) is 5.73. The van der Waals surface area contributed by atoms with Crippen LogP contribution < -0.4 is 5.73 Å². The molecule has 0 aromatic carbocycles. The Kier molecular flexibility index (Phi) is 5.73. The molecule has 0 spiro atoms. The van der Waals surface area contributed by atoms with Crippen molar-refractivity contribution in [2.45, 2.75) is 58.4 Å². The number of amides is 1. The van der Waals surface area contributed by atoms with E-state index in [9.17, 15) is 4.79 Å². The molecule has 2 N–H and O–H groups in total. The molecule has 136 valence electrons. The molecular weight excluding hydrogens is 334 g/mol. The topological polar surface area (TPSA) is 77.0 Å². The zero-order valence-corrected chi connectivity index (χ0v) is 15.9. The molecule has 25 heavy (non-hydrogen) atoms. The molecule has 1 aliphatic heterocycles. The quantitative estimate of drug-likeness (QED) is 0.856. The zero-order chi connectivity index (χ0) is 17.8. The monoisotopic (exact) mass is 361 g/mol. The van der Waals surface area contributed by atoms with E-state index < -0.39 is 0 Å². The van der Waals surface area contributed by atoms with Crippen LogP contribution >= 0.6 is 11.3 Å². The SMILES string of the molecule is CCCCn1ccnc1[C@@H]1CCCN(C(=O)c2sc(N)nc2CC)C1. The molecule has 1 fully saturated rings. The molecule has 0 bridgehead atoms. The second-order valence-corrected chi connectivity index (χ2v) is 7.63. The summed E-state index contributed by atoms with van der Waals surface area (Å²) >= 11 is 1.31. The van der Waals surface area contributed by atoms with Gasteiger partial charge in [-0.25, -0.2) is 9.97 Å². The highest BCUT2D eigenvalue weighted by molar-refractivity contribution is 7.17. The van der Waals surface area contributed by atoms with E-state index in [1.54, 1.807) is 0 Å². The second-order valence-electron chi connectivity index (χ2n) is 6.60. The van der Waals surface area contributed by atoms with Crippen molar-refractivity contribution in [1.29, 1.82) is 0 Å². The number of aromatic nitrogens is 3. The molecule has 0 unspecified atom stereocenters. The standard InChI is InChI=1S/C18H27N5OS/c1-3-5-9-22-11-8-20-16(22)13-7-6-10-23(12-13)17(24)15-14(4-2)21-18(19)25-15/h8,11,13H,3-7,9-10,12H2,1-2H3,(H2,19,21)/t13-/m1/s1. The lowest BCUT2D eigenvalue weighted by Crippen LogP contribution is -2.39. The minimum absolute atomic E-state index is 0.0717. The van der Waals surface area contributed by atoms with E-state index in [-0.39, 0.29) is 5.91 Å². The molecule has 6 nitrogen and oxygen atoms in total. The highest BCUT2D eigenvalue weighted by Crippen LogP contribution is 2.29. The lowest BCUT2D eigenvalue weighted by molar-refractivity contribution is 0.0707. The number of rotatable bonds is 6. The van der Waals surface area contributed by atoms with E-state index in [0.29, 0.717) is 15.9 Å². The summed E-state index contributed by atoms with van der Waals surface area (Å²) in [7, 11) is 0. The van der Waals surface area contributed by atoms with Gasteiger partial charge in [0, 0.05) is 37.9 Å². The van der Waals surface area contributed by atoms with Gasteiger partial charge in [-0.15, -0.1) is 0 Å². The lowest BCUT2D eigenvalue weighted by Gasteiger charge is -2.32. The van der Waals surface area contributed by atoms with Crippen LogP contribution in [0.2, 0.25) is 0 Å². The van der Waals surface area contributed by atoms with E-state index in [4.69, 9.17) is 5.73 Å². The first kappa shape index (κ1) is 17.9. The van der Waals surface area contributed by atoms with Gasteiger partial charge >= 0.3 is 0 Å². The zero-order valence-electron chi connectivity index (χ0n) is 15.1. The number of hydrogen-bond donors (Lipinski definition) is 1. The van der Waals surface area contributed by atoms with Crippen molar-refractivity contribution in [3.8, 4) is 0 Å². The number of nitrogens with two attached hydrogens (primary N) is 1. The number of likely N-dealkylation sites (tertiary alicyclic amines) is 1. The average Bonchev–Trinajstić information content (AvgIpc) is 3.25. The van der Waals surface area contributed by atoms with Gasteiger partial charge in [-0.3, -0.25) is 4.79 Å². The lowest BCUT2D eigenvalue weighted by atomic mass is 9.96. The molecule has 1 aliphatic rings. The molecule has 2 aromatic rings. The molecule has 0 radical (unpaired) electrons. The van der Waals surface area contributed by atoms with Crippen molar-refractivity contribution in [3.05, 3.63) is 28.8 Å². The first-order chi connectivity index (χ1) is 12.1. The predicted octanol–water partition coefficient (Wildman–Crippen LogP) is 3.30. The summed E-state index contributed by atoms with van der Waals surface area (Å²) in [4.78, 5) is 24.5. The Hall–Kier alpha value is -1.89. The number of hydrogen-bond acceptors (Lipinski definition) is 5. The maximum Gasteiger partial charge on any atom is 0.265 e. The number of anilines is 1. The van der Waals surface area contributed by atoms with E-state index in [1.165, 1.54) is 17.8 Å². The summed E-state index contributed by atoms with van der Waals surface area (Å²) in [5, 5.41) is 0.476. The van der Waals surface area contributed by atoms with Crippen LogP contribution in [0.5, 0.6) is 0 Å². The largest absolute Gasteiger partial charge is 0.375 e. The van der Waals surface area contributed by atoms with Crippen molar-refractivity contribution in [2.75, 3.05) is 18.8 Å². The van der Waals surface area contributed by atoms with Gasteiger partial charge in [0.25, 0.3) is 5.91 Å². The summed E-state index contributed by atoms with van der Waals surface area (Å²) < 4.78 is 2.25. The van der Waals surface area contributed by atoms with Crippen LogP contribution in [0.4, 0.5) is 5.13 Å². The van der Waals surface area contributed by atoms with E-state index in [0.717, 1.165) is 56.8 Å². The summed E-state index contributed by atoms with van der Waals surface area (Å²) in [5.41, 5.74) is 6.64. The number of nitrogen functional groups attached to an aromatic ring is 1. The molecule has 1 amide bonds. The highest BCUT2D eigenvalue weighted by atomic mass is 32.1. The van der Waals surface area contributed by atoms with Crippen molar-refractivity contribution in [2.24, 2.45) is 0 Å². The van der Waals surface area contributed by atoms with Gasteiger partial charge in [0.15, 0.2) is 5.13 Å². The van der Waals surface area contributed by atoms with Crippen molar-refractivity contribution in [3.63, 3.8) is 0 Å². The third kappa shape index (κ3) is 3.86. The maximum atomic E-state index is 13.0. The minimum atomic E-state index is 0.0717. The third-order valence-electron chi connectivity index (χ3n) is 4.82. The highest BCUT2D eigenvalue weighted by Gasteiger charge is 2.30. The molecule has 0 saturated carbocycles. The fraction of sp³-hybridized carbons (Fsp3) is 0.611. The number of carbonyl (C=O) groups excluding carboxylic acids is 1. The van der Waals surface area contributed by atoms with Crippen LogP contribution in [0.15, 0.2) is 12.4 Å². The Bertz CT molecular complexity index is 723. The fourth-order valence-electron chi connectivity index (χ4n) is 3.49. The van der Waals surface area contributed by atoms with Crippen LogP contribution in [0.3, 0.4) is 0 Å². The fourth-order valence-corrected chi connectivity index (χ4v) is 4.38. The van der Waals surface area contributed by atoms with E-state index in [2.05, 4.69) is 27.7 Å². The molecule has 3 rings (SSSR count). The second kappa shape index (κ2) is 7.99. The number of carbonyl (C=O) groups is 1. The smallest absolute Gasteiger partial charge is 0.265 e. The van der Waals surface area contributed by atoms with Crippen LogP contribution in [0, 0.1) is 0 Å². The van der Waals surface area contributed by atoms with Gasteiger partial charge in [0.2, 0.25) is 0 Å². The van der Waals surface area contributed by atoms with Gasteiger partial charge in [-0.1, -0.05) is 31.6 Å². The van der Waals surface area contributed by atoms with Crippen LogP contribution in [-0.2, 0) is 13.0 Å². The Labute approximate surface area is 153 Å². The van der Waals surface area contributed by atoms with Crippen LogP contribution in [-0.4, -0.2) is 38.4 Å². The Morgan fingerprint density at radius 3 is 3.04 bits per heavy atom. The predicted molar refractivity (Wildman–Crippen MR) is 101 cm³/mol. The van der Waals surface area contributed by atoms with E-state index >= 15 is 0 Å². The van der Waals surface area contributed by atoms with Crippen LogP contribution in [0.1, 0.15) is 66.6 Å². The van der Waals surface area contributed by atoms with Gasteiger partial charge < -0.3 is 15.2 Å². The summed E-state index contributed by atoms with van der Waals surface area (Å²) in [6, 6.07) is 0. The minimum Gasteiger partial charge on any atom is -0.375 e. The first-order valence-electron chi connectivity index (χ1n) is 9.19. The van der Waals surface area contributed by atoms with Gasteiger partial charge in [-0.05, 0) is 25.7 Å². The summed E-state index contributed by atoms with van der Waals surface area (Å²) in [5.74, 6) is 1.49. The maximum absolute atomic E-state index is 13.0. The van der Waals surface area contributed by atoms with Gasteiger partial charge in [0.1, 0.15) is 10.7 Å². The normalized spacial score (nSPS) is 17.8. The van der Waals surface area contributed by atoms with Crippen molar-refractivity contribution in [1.82, 2.24) is 19.4 Å². The molecule has 2 aromatic heterocycles. The van der Waals surface area contributed by atoms with E-state index in [1.807, 2.05) is 18.0 Å². The number of nitrogens with zero attached hydrogens (tertiary/aromatic N) is 4.